The summed E-state index contributed by atoms with van der Waals surface area (Å²) < 4.78 is 0. The Morgan fingerprint density at radius 1 is 1.21 bits per heavy atom. The standard InChI is InChI=1S/C10H21NO2P/c11-7-4-8-14(12,13)9-10-5-2-1-3-6-10/h9,12-13H,1-8,11H2/q+1. The Labute approximate surface area is 86.5 Å². The van der Waals surface area contributed by atoms with Crippen LogP contribution in [0.4, 0.5) is 0 Å². The molecular weight excluding hydrogens is 197 g/mol. The van der Waals surface area contributed by atoms with Crippen LogP contribution in [0, 0.1) is 0 Å². The lowest BCUT2D eigenvalue weighted by atomic mass is 9.96. The van der Waals surface area contributed by atoms with Crippen molar-refractivity contribution in [2.45, 2.75) is 38.5 Å². The zero-order chi connectivity index (χ0) is 10.4. The van der Waals surface area contributed by atoms with Crippen molar-refractivity contribution < 1.29 is 9.79 Å². The van der Waals surface area contributed by atoms with E-state index in [9.17, 15) is 9.79 Å². The second-order valence-electron chi connectivity index (χ2n) is 4.00. The number of rotatable bonds is 4. The molecule has 4 N–H and O–H groups in total. The van der Waals surface area contributed by atoms with Crippen LogP contribution in [0.25, 0.3) is 0 Å². The molecule has 0 aliphatic heterocycles. The van der Waals surface area contributed by atoms with Gasteiger partial charge < -0.3 is 5.73 Å². The Balaban J connectivity index is 2.45. The van der Waals surface area contributed by atoms with Crippen LogP contribution in [0.3, 0.4) is 0 Å². The average Bonchev–Trinajstić information content (AvgIpc) is 2.16. The monoisotopic (exact) mass is 218 g/mol. The second-order valence-corrected chi connectivity index (χ2v) is 6.28. The van der Waals surface area contributed by atoms with Crippen LogP contribution in [0.2, 0.25) is 0 Å². The molecule has 1 saturated carbocycles. The quantitative estimate of drug-likeness (QED) is 0.632. The first-order valence-electron chi connectivity index (χ1n) is 5.38. The predicted molar refractivity (Wildman–Crippen MR) is 61.1 cm³/mol. The van der Waals surface area contributed by atoms with Gasteiger partial charge in [0.1, 0.15) is 12.0 Å². The van der Waals surface area contributed by atoms with Gasteiger partial charge in [-0.1, -0.05) is 6.42 Å². The summed E-state index contributed by atoms with van der Waals surface area (Å²) in [7, 11) is -2.77. The molecule has 0 saturated heterocycles. The molecule has 0 atom stereocenters. The second kappa shape index (κ2) is 5.82. The fourth-order valence-electron chi connectivity index (χ4n) is 1.82. The van der Waals surface area contributed by atoms with Crippen LogP contribution in [-0.4, -0.2) is 22.5 Å². The van der Waals surface area contributed by atoms with E-state index < -0.39 is 7.72 Å². The molecule has 0 amide bonds. The largest absolute Gasteiger partial charge is 0.330 e. The van der Waals surface area contributed by atoms with E-state index in [4.69, 9.17) is 5.73 Å². The fourth-order valence-corrected chi connectivity index (χ4v) is 3.44. The maximum absolute atomic E-state index is 9.73. The van der Waals surface area contributed by atoms with Gasteiger partial charge in [0.05, 0.1) is 0 Å². The molecule has 1 aliphatic carbocycles. The summed E-state index contributed by atoms with van der Waals surface area (Å²) in [5.41, 5.74) is 6.59. The van der Waals surface area contributed by atoms with E-state index in [1.54, 1.807) is 5.82 Å². The van der Waals surface area contributed by atoms with Gasteiger partial charge in [-0.3, -0.25) is 0 Å². The Morgan fingerprint density at radius 2 is 1.86 bits per heavy atom. The van der Waals surface area contributed by atoms with Crippen LogP contribution >= 0.6 is 7.72 Å². The summed E-state index contributed by atoms with van der Waals surface area (Å²) in [5, 5.41) is 0. The molecule has 0 aromatic carbocycles. The van der Waals surface area contributed by atoms with Gasteiger partial charge in [0.15, 0.2) is 0 Å². The molecule has 4 heteroatoms. The van der Waals surface area contributed by atoms with Gasteiger partial charge in [0.2, 0.25) is 0 Å². The van der Waals surface area contributed by atoms with E-state index >= 15 is 0 Å². The van der Waals surface area contributed by atoms with Crippen molar-refractivity contribution >= 4 is 7.72 Å². The van der Waals surface area contributed by atoms with Crippen LogP contribution in [0.5, 0.6) is 0 Å². The number of allylic oxidation sites excluding steroid dienone is 1. The first-order chi connectivity index (χ1) is 6.64. The number of hydrogen-bond acceptors (Lipinski definition) is 3. The van der Waals surface area contributed by atoms with E-state index in [-0.39, 0.29) is 0 Å². The summed E-state index contributed by atoms with van der Waals surface area (Å²) in [6.07, 6.45) is 6.92. The van der Waals surface area contributed by atoms with Gasteiger partial charge in [-0.15, -0.1) is 0 Å². The molecule has 1 rings (SSSR count). The van der Waals surface area contributed by atoms with Gasteiger partial charge in [-0.25, -0.2) is 9.79 Å². The lowest BCUT2D eigenvalue weighted by Gasteiger charge is -2.15. The van der Waals surface area contributed by atoms with Crippen molar-refractivity contribution in [3.05, 3.63) is 11.4 Å². The fraction of sp³-hybridized carbons (Fsp3) is 0.800. The highest BCUT2D eigenvalue weighted by molar-refractivity contribution is 7.67. The molecular formula is C10H21NO2P+. The minimum absolute atomic E-state index is 0.451. The van der Waals surface area contributed by atoms with Gasteiger partial charge in [0.25, 0.3) is 7.72 Å². The zero-order valence-corrected chi connectivity index (χ0v) is 9.55. The SMILES string of the molecule is NCCC[P+](O)(O)C=C1CCCCC1. The lowest BCUT2D eigenvalue weighted by Crippen LogP contribution is -2.05. The van der Waals surface area contributed by atoms with Crippen molar-refractivity contribution in [2.75, 3.05) is 12.7 Å². The van der Waals surface area contributed by atoms with Crippen LogP contribution < -0.4 is 5.73 Å². The number of nitrogens with two attached hydrogens (primary N) is 1. The predicted octanol–water partition coefficient (Wildman–Crippen LogP) is 2.02. The Bertz CT molecular complexity index is 196. The zero-order valence-electron chi connectivity index (χ0n) is 8.65. The third-order valence-corrected chi connectivity index (χ3v) is 4.33. The highest BCUT2D eigenvalue weighted by atomic mass is 31.2. The van der Waals surface area contributed by atoms with E-state index in [2.05, 4.69) is 0 Å². The topological polar surface area (TPSA) is 66.5 Å². The van der Waals surface area contributed by atoms with E-state index in [0.29, 0.717) is 19.1 Å². The molecule has 0 aromatic rings. The summed E-state index contributed by atoms with van der Waals surface area (Å²) in [5.74, 6) is 1.74. The van der Waals surface area contributed by atoms with Crippen molar-refractivity contribution in [2.24, 2.45) is 5.73 Å². The summed E-state index contributed by atoms with van der Waals surface area (Å²) in [6.45, 7) is 0.534. The van der Waals surface area contributed by atoms with E-state index in [1.807, 2.05) is 0 Å². The van der Waals surface area contributed by atoms with Crippen molar-refractivity contribution in [1.29, 1.82) is 0 Å². The maximum atomic E-state index is 9.73. The molecule has 0 aromatic heterocycles. The van der Waals surface area contributed by atoms with Crippen LogP contribution in [0.1, 0.15) is 38.5 Å². The van der Waals surface area contributed by atoms with E-state index in [1.165, 1.54) is 24.8 Å². The highest BCUT2D eigenvalue weighted by Gasteiger charge is 2.30. The van der Waals surface area contributed by atoms with Gasteiger partial charge in [-0.05, 0) is 44.2 Å². The highest BCUT2D eigenvalue weighted by Crippen LogP contribution is 2.53. The third-order valence-electron chi connectivity index (χ3n) is 2.58. The molecule has 0 radical (unpaired) electrons. The maximum Gasteiger partial charge on any atom is 0.292 e. The first kappa shape index (κ1) is 12.1. The molecule has 0 heterocycles. The molecule has 1 aliphatic rings. The van der Waals surface area contributed by atoms with Crippen molar-refractivity contribution in [3.8, 4) is 0 Å². The molecule has 82 valence electrons. The molecule has 1 fully saturated rings. The summed E-state index contributed by atoms with van der Waals surface area (Å²) >= 11 is 0. The third kappa shape index (κ3) is 4.52. The minimum Gasteiger partial charge on any atom is -0.330 e. The normalized spacial score (nSPS) is 18.4. The summed E-state index contributed by atoms with van der Waals surface area (Å²) in [6, 6.07) is 0. The minimum atomic E-state index is -2.77. The summed E-state index contributed by atoms with van der Waals surface area (Å²) in [4.78, 5) is 19.5. The van der Waals surface area contributed by atoms with Gasteiger partial charge in [-0.2, -0.15) is 0 Å². The van der Waals surface area contributed by atoms with Crippen molar-refractivity contribution in [1.82, 2.24) is 0 Å². The lowest BCUT2D eigenvalue weighted by molar-refractivity contribution is 0.459. The van der Waals surface area contributed by atoms with E-state index in [0.717, 1.165) is 12.8 Å². The van der Waals surface area contributed by atoms with Crippen molar-refractivity contribution in [3.63, 3.8) is 0 Å². The molecule has 0 bridgehead atoms. The first-order valence-corrected chi connectivity index (χ1v) is 7.33. The van der Waals surface area contributed by atoms with Crippen LogP contribution in [-0.2, 0) is 0 Å². The van der Waals surface area contributed by atoms with Gasteiger partial charge >= 0.3 is 0 Å². The Kier molecular flexibility index (Phi) is 5.04. The molecule has 14 heavy (non-hydrogen) atoms. The molecule has 3 nitrogen and oxygen atoms in total. The average molecular weight is 218 g/mol. The van der Waals surface area contributed by atoms with Crippen LogP contribution in [0.15, 0.2) is 11.4 Å². The van der Waals surface area contributed by atoms with Gasteiger partial charge in [0, 0.05) is 0 Å². The number of hydrogen-bond donors (Lipinski definition) is 3. The molecule has 0 spiro atoms. The Hall–Kier alpha value is 0.0500. The Morgan fingerprint density at radius 3 is 2.43 bits per heavy atom. The smallest absolute Gasteiger partial charge is 0.292 e. The molecule has 0 unspecified atom stereocenters.